The summed E-state index contributed by atoms with van der Waals surface area (Å²) in [5.74, 6) is 1.54. The first-order valence-electron chi connectivity index (χ1n) is 5.81. The van der Waals surface area contributed by atoms with Crippen LogP contribution in [0.3, 0.4) is 0 Å². The lowest BCUT2D eigenvalue weighted by molar-refractivity contribution is 0.174. The van der Waals surface area contributed by atoms with Gasteiger partial charge in [-0.1, -0.05) is 0 Å². The summed E-state index contributed by atoms with van der Waals surface area (Å²) in [6.45, 7) is 0.229. The summed E-state index contributed by atoms with van der Waals surface area (Å²) in [5.41, 5.74) is 2.75. The minimum atomic E-state index is -0.0466. The molecule has 0 atom stereocenters. The van der Waals surface area contributed by atoms with Gasteiger partial charge >= 0.3 is 0 Å². The minimum absolute atomic E-state index is 0.0466. The summed E-state index contributed by atoms with van der Waals surface area (Å²) in [6.07, 6.45) is 1.85. The highest BCUT2D eigenvalue weighted by Gasteiger charge is 2.16. The van der Waals surface area contributed by atoms with Crippen LogP contribution in [0.4, 0.5) is 0 Å². The van der Waals surface area contributed by atoms with Gasteiger partial charge in [-0.25, -0.2) is 4.98 Å². The van der Waals surface area contributed by atoms with Gasteiger partial charge in [0.2, 0.25) is 6.79 Å². The van der Waals surface area contributed by atoms with Gasteiger partial charge < -0.3 is 14.6 Å². The number of hydrogen-bond acceptors (Lipinski definition) is 5. The molecule has 96 valence electrons. The predicted molar refractivity (Wildman–Crippen MR) is 70.6 cm³/mol. The van der Waals surface area contributed by atoms with Crippen LogP contribution in [0.5, 0.6) is 11.5 Å². The van der Waals surface area contributed by atoms with Gasteiger partial charge in [-0.3, -0.25) is 4.40 Å². The van der Waals surface area contributed by atoms with Crippen molar-refractivity contribution >= 4 is 16.3 Å². The molecular weight excluding hydrogens is 264 g/mol. The Morgan fingerprint density at radius 1 is 1.32 bits per heavy atom. The zero-order valence-electron chi connectivity index (χ0n) is 9.87. The molecule has 5 nitrogen and oxygen atoms in total. The molecule has 0 saturated heterocycles. The van der Waals surface area contributed by atoms with E-state index in [9.17, 15) is 0 Å². The molecule has 0 unspecified atom stereocenters. The van der Waals surface area contributed by atoms with E-state index in [2.05, 4.69) is 4.98 Å². The van der Waals surface area contributed by atoms with Gasteiger partial charge in [0.15, 0.2) is 16.5 Å². The zero-order chi connectivity index (χ0) is 12.8. The number of imidazole rings is 1. The Morgan fingerprint density at radius 3 is 3.11 bits per heavy atom. The van der Waals surface area contributed by atoms with Crippen molar-refractivity contribution in [3.63, 3.8) is 0 Å². The molecule has 0 fully saturated rings. The topological polar surface area (TPSA) is 56.0 Å². The Kier molecular flexibility index (Phi) is 2.27. The van der Waals surface area contributed by atoms with E-state index < -0.39 is 0 Å². The number of benzene rings is 1. The van der Waals surface area contributed by atoms with E-state index >= 15 is 0 Å². The molecule has 19 heavy (non-hydrogen) atoms. The van der Waals surface area contributed by atoms with Crippen LogP contribution >= 0.6 is 11.3 Å². The molecule has 1 aliphatic heterocycles. The Bertz CT molecular complexity index is 762. The van der Waals surface area contributed by atoms with E-state index in [0.29, 0.717) is 5.69 Å². The number of ether oxygens (including phenoxy) is 2. The molecule has 2 aromatic heterocycles. The molecule has 1 aromatic carbocycles. The van der Waals surface area contributed by atoms with Crippen LogP contribution in [0.15, 0.2) is 29.8 Å². The first kappa shape index (κ1) is 10.8. The molecule has 0 saturated carbocycles. The summed E-state index contributed by atoms with van der Waals surface area (Å²) < 4.78 is 12.7. The largest absolute Gasteiger partial charge is 0.454 e. The summed E-state index contributed by atoms with van der Waals surface area (Å²) >= 11 is 1.55. The quantitative estimate of drug-likeness (QED) is 0.779. The fraction of sp³-hybridized carbons (Fsp3) is 0.154. The number of hydrogen-bond donors (Lipinski definition) is 1. The Hall–Kier alpha value is -2.05. The van der Waals surface area contributed by atoms with Gasteiger partial charge in [0.05, 0.1) is 18.0 Å². The van der Waals surface area contributed by atoms with Crippen molar-refractivity contribution in [3.8, 4) is 22.8 Å². The Balaban J connectivity index is 1.87. The van der Waals surface area contributed by atoms with Crippen molar-refractivity contribution in [2.75, 3.05) is 6.79 Å². The Labute approximate surface area is 112 Å². The first-order valence-corrected chi connectivity index (χ1v) is 6.69. The molecule has 3 heterocycles. The molecule has 3 aromatic rings. The lowest BCUT2D eigenvalue weighted by Crippen LogP contribution is -1.92. The normalized spacial score (nSPS) is 13.3. The molecule has 0 amide bonds. The lowest BCUT2D eigenvalue weighted by atomic mass is 10.1. The maximum Gasteiger partial charge on any atom is 0.231 e. The summed E-state index contributed by atoms with van der Waals surface area (Å²) in [6, 6.07) is 5.86. The lowest BCUT2D eigenvalue weighted by Gasteiger charge is -2.01. The second kappa shape index (κ2) is 3.97. The van der Waals surface area contributed by atoms with Gasteiger partial charge in [0, 0.05) is 17.1 Å². The van der Waals surface area contributed by atoms with E-state index in [-0.39, 0.29) is 13.4 Å². The third kappa shape index (κ3) is 1.61. The van der Waals surface area contributed by atoms with Crippen LogP contribution in [0.2, 0.25) is 0 Å². The summed E-state index contributed by atoms with van der Waals surface area (Å²) in [4.78, 5) is 5.20. The molecule has 0 bridgehead atoms. The third-order valence-corrected chi connectivity index (χ3v) is 3.93. The molecule has 4 rings (SSSR count). The fourth-order valence-electron chi connectivity index (χ4n) is 2.17. The predicted octanol–water partition coefficient (Wildman–Crippen LogP) is 2.28. The number of thiazole rings is 1. The smallest absolute Gasteiger partial charge is 0.231 e. The number of nitrogens with zero attached hydrogens (tertiary/aromatic N) is 2. The standard InChI is InChI=1S/C13H10N2O3S/c16-5-9-4-15-10(6-19-13(15)14-9)8-1-2-11-12(3-8)18-7-17-11/h1-4,6,16H,5,7H2. The van der Waals surface area contributed by atoms with E-state index in [4.69, 9.17) is 14.6 Å². The van der Waals surface area contributed by atoms with Gasteiger partial charge in [-0.05, 0) is 18.2 Å². The molecule has 0 radical (unpaired) electrons. The minimum Gasteiger partial charge on any atom is -0.454 e. The van der Waals surface area contributed by atoms with Crippen LogP contribution in [0, 0.1) is 0 Å². The average molecular weight is 274 g/mol. The van der Waals surface area contributed by atoms with E-state index in [1.54, 1.807) is 11.3 Å². The number of rotatable bonds is 2. The molecule has 1 N–H and O–H groups in total. The highest BCUT2D eigenvalue weighted by Crippen LogP contribution is 2.37. The van der Waals surface area contributed by atoms with E-state index in [0.717, 1.165) is 27.7 Å². The zero-order valence-corrected chi connectivity index (χ0v) is 10.7. The number of aliphatic hydroxyl groups excluding tert-OH is 1. The van der Waals surface area contributed by atoms with Crippen molar-refractivity contribution in [1.29, 1.82) is 0 Å². The maximum absolute atomic E-state index is 9.14. The first-order chi connectivity index (χ1) is 9.35. The second-order valence-electron chi connectivity index (χ2n) is 4.23. The summed E-state index contributed by atoms with van der Waals surface area (Å²) in [5, 5.41) is 11.2. The monoisotopic (exact) mass is 274 g/mol. The van der Waals surface area contributed by atoms with Crippen molar-refractivity contribution in [2.45, 2.75) is 6.61 Å². The van der Waals surface area contributed by atoms with Gasteiger partial charge in [0.1, 0.15) is 0 Å². The molecule has 0 aliphatic carbocycles. The molecule has 6 heteroatoms. The molecule has 0 spiro atoms. The van der Waals surface area contributed by atoms with Gasteiger partial charge in [-0.2, -0.15) is 0 Å². The number of aliphatic hydroxyl groups is 1. The van der Waals surface area contributed by atoms with Crippen molar-refractivity contribution < 1.29 is 14.6 Å². The van der Waals surface area contributed by atoms with Crippen molar-refractivity contribution in [2.24, 2.45) is 0 Å². The van der Waals surface area contributed by atoms with Crippen LogP contribution in [-0.2, 0) is 6.61 Å². The number of fused-ring (bicyclic) bond motifs is 2. The van der Waals surface area contributed by atoms with Crippen LogP contribution < -0.4 is 9.47 Å². The maximum atomic E-state index is 9.14. The Morgan fingerprint density at radius 2 is 2.21 bits per heavy atom. The van der Waals surface area contributed by atoms with Crippen molar-refractivity contribution in [1.82, 2.24) is 9.38 Å². The average Bonchev–Trinajstić information content (AvgIpc) is 3.12. The second-order valence-corrected chi connectivity index (χ2v) is 5.07. The van der Waals surface area contributed by atoms with Crippen LogP contribution in [0.1, 0.15) is 5.69 Å². The summed E-state index contributed by atoms with van der Waals surface area (Å²) in [7, 11) is 0. The molecular formula is C13H10N2O3S. The SMILES string of the molecule is OCc1cn2c(-c3ccc4c(c3)OCO4)csc2n1. The van der Waals surface area contributed by atoms with Crippen LogP contribution in [-0.4, -0.2) is 21.3 Å². The van der Waals surface area contributed by atoms with Crippen LogP contribution in [0.25, 0.3) is 16.2 Å². The van der Waals surface area contributed by atoms with Gasteiger partial charge in [0.25, 0.3) is 0 Å². The number of aromatic nitrogens is 2. The van der Waals surface area contributed by atoms with Gasteiger partial charge in [-0.15, -0.1) is 11.3 Å². The van der Waals surface area contributed by atoms with E-state index in [1.807, 2.05) is 34.2 Å². The fourth-order valence-corrected chi connectivity index (χ4v) is 3.07. The highest BCUT2D eigenvalue weighted by atomic mass is 32.1. The third-order valence-electron chi connectivity index (χ3n) is 3.09. The molecule has 1 aliphatic rings. The van der Waals surface area contributed by atoms with Crippen molar-refractivity contribution in [3.05, 3.63) is 35.5 Å². The van der Waals surface area contributed by atoms with E-state index in [1.165, 1.54) is 0 Å². The highest BCUT2D eigenvalue weighted by molar-refractivity contribution is 7.15.